The molecule has 2 unspecified atom stereocenters. The standard InChI is InChI=1S/C13H17BrO2S/c14-13(12-8-9-17(15,16)10-12)7-6-11-4-2-1-3-5-11/h1-5,12-13H,6-10H2. The molecule has 0 N–H and O–H groups in total. The molecule has 2 atom stereocenters. The number of rotatable bonds is 4. The van der Waals surface area contributed by atoms with Crippen molar-refractivity contribution in [3.63, 3.8) is 0 Å². The number of benzene rings is 1. The first-order valence-corrected chi connectivity index (χ1v) is 8.69. The molecular formula is C13H17BrO2S. The van der Waals surface area contributed by atoms with Gasteiger partial charge in [0.15, 0.2) is 9.84 Å². The van der Waals surface area contributed by atoms with E-state index in [0.717, 1.165) is 19.3 Å². The molecule has 0 saturated carbocycles. The Morgan fingerprint density at radius 1 is 1.29 bits per heavy atom. The first-order valence-electron chi connectivity index (χ1n) is 5.95. The Morgan fingerprint density at radius 3 is 2.59 bits per heavy atom. The van der Waals surface area contributed by atoms with Crippen molar-refractivity contribution in [2.45, 2.75) is 24.1 Å². The van der Waals surface area contributed by atoms with Crippen molar-refractivity contribution in [3.8, 4) is 0 Å². The van der Waals surface area contributed by atoms with Gasteiger partial charge in [-0.15, -0.1) is 0 Å². The lowest BCUT2D eigenvalue weighted by atomic mass is 9.99. The summed E-state index contributed by atoms with van der Waals surface area (Å²) in [6, 6.07) is 10.3. The number of hydrogen-bond acceptors (Lipinski definition) is 2. The third kappa shape index (κ3) is 3.81. The second-order valence-corrected chi connectivity index (χ2v) is 8.11. The highest BCUT2D eigenvalue weighted by Crippen LogP contribution is 2.29. The molecule has 1 heterocycles. The maximum Gasteiger partial charge on any atom is 0.150 e. The van der Waals surface area contributed by atoms with Crippen LogP contribution in [0.4, 0.5) is 0 Å². The quantitative estimate of drug-likeness (QED) is 0.800. The molecule has 1 aromatic carbocycles. The van der Waals surface area contributed by atoms with Crippen LogP contribution in [0.5, 0.6) is 0 Å². The first kappa shape index (κ1) is 13.1. The molecule has 1 aliphatic heterocycles. The minimum atomic E-state index is -2.75. The van der Waals surface area contributed by atoms with E-state index in [2.05, 4.69) is 28.1 Å². The van der Waals surface area contributed by atoms with Gasteiger partial charge in [-0.2, -0.15) is 0 Å². The molecule has 2 nitrogen and oxygen atoms in total. The highest BCUT2D eigenvalue weighted by atomic mass is 79.9. The number of alkyl halides is 1. The van der Waals surface area contributed by atoms with Crippen LogP contribution in [0.1, 0.15) is 18.4 Å². The van der Waals surface area contributed by atoms with Crippen LogP contribution in [0.25, 0.3) is 0 Å². The van der Waals surface area contributed by atoms with Crippen LogP contribution in [0, 0.1) is 5.92 Å². The van der Waals surface area contributed by atoms with Crippen molar-refractivity contribution < 1.29 is 8.42 Å². The number of sulfone groups is 1. The third-order valence-corrected chi connectivity index (χ3v) is 6.33. The minimum Gasteiger partial charge on any atom is -0.229 e. The predicted molar refractivity (Wildman–Crippen MR) is 74.2 cm³/mol. The lowest BCUT2D eigenvalue weighted by Crippen LogP contribution is -2.16. The summed E-state index contributed by atoms with van der Waals surface area (Å²) in [5.74, 6) is 1.02. The van der Waals surface area contributed by atoms with E-state index >= 15 is 0 Å². The fourth-order valence-corrected chi connectivity index (χ4v) is 5.10. The number of halogens is 1. The molecule has 0 amide bonds. The summed E-state index contributed by atoms with van der Waals surface area (Å²) in [5, 5.41) is 0. The average Bonchev–Trinajstić information content (AvgIpc) is 2.68. The van der Waals surface area contributed by atoms with Gasteiger partial charge < -0.3 is 0 Å². The largest absolute Gasteiger partial charge is 0.229 e. The molecule has 1 aromatic rings. The Balaban J connectivity index is 1.84. The Hall–Kier alpha value is -0.350. The van der Waals surface area contributed by atoms with Crippen LogP contribution in [-0.2, 0) is 16.3 Å². The van der Waals surface area contributed by atoms with Gasteiger partial charge in [0.2, 0.25) is 0 Å². The van der Waals surface area contributed by atoms with E-state index in [1.54, 1.807) is 0 Å². The Labute approximate surface area is 111 Å². The van der Waals surface area contributed by atoms with Gasteiger partial charge in [0, 0.05) is 4.83 Å². The topological polar surface area (TPSA) is 34.1 Å². The summed E-state index contributed by atoms with van der Waals surface area (Å²) in [6.45, 7) is 0. The third-order valence-electron chi connectivity index (χ3n) is 3.33. The summed E-state index contributed by atoms with van der Waals surface area (Å²) in [7, 11) is -2.75. The van der Waals surface area contributed by atoms with E-state index in [1.165, 1.54) is 5.56 Å². The first-order chi connectivity index (χ1) is 8.07. The molecule has 4 heteroatoms. The second kappa shape index (κ2) is 5.53. The smallest absolute Gasteiger partial charge is 0.150 e. The van der Waals surface area contributed by atoms with E-state index in [4.69, 9.17) is 0 Å². The maximum atomic E-state index is 11.4. The Morgan fingerprint density at radius 2 is 2.00 bits per heavy atom. The van der Waals surface area contributed by atoms with Crippen LogP contribution in [0.3, 0.4) is 0 Å². The van der Waals surface area contributed by atoms with Gasteiger partial charge in [-0.1, -0.05) is 46.3 Å². The van der Waals surface area contributed by atoms with Crippen molar-refractivity contribution in [2.75, 3.05) is 11.5 Å². The van der Waals surface area contributed by atoms with Crippen molar-refractivity contribution in [2.24, 2.45) is 5.92 Å². The van der Waals surface area contributed by atoms with Crippen LogP contribution in [0.2, 0.25) is 0 Å². The van der Waals surface area contributed by atoms with Crippen LogP contribution in [0.15, 0.2) is 30.3 Å². The van der Waals surface area contributed by atoms with Crippen LogP contribution in [-0.4, -0.2) is 24.8 Å². The lowest BCUT2D eigenvalue weighted by Gasteiger charge is -2.15. The van der Waals surface area contributed by atoms with Gasteiger partial charge in [-0.25, -0.2) is 8.42 Å². The zero-order chi connectivity index (χ0) is 12.3. The zero-order valence-electron chi connectivity index (χ0n) is 9.68. The summed E-state index contributed by atoms with van der Waals surface area (Å²) < 4.78 is 22.8. The van der Waals surface area contributed by atoms with Crippen molar-refractivity contribution >= 4 is 25.8 Å². The van der Waals surface area contributed by atoms with E-state index in [9.17, 15) is 8.42 Å². The summed E-state index contributed by atoms with van der Waals surface area (Å²) in [6.07, 6.45) is 2.82. The van der Waals surface area contributed by atoms with Crippen LogP contribution >= 0.6 is 15.9 Å². The lowest BCUT2D eigenvalue weighted by molar-refractivity contribution is 0.542. The fourth-order valence-electron chi connectivity index (χ4n) is 2.29. The second-order valence-electron chi connectivity index (χ2n) is 4.70. The van der Waals surface area contributed by atoms with E-state index in [0.29, 0.717) is 22.3 Å². The van der Waals surface area contributed by atoms with Gasteiger partial charge in [-0.3, -0.25) is 0 Å². The highest BCUT2D eigenvalue weighted by Gasteiger charge is 2.32. The normalized spacial score (nSPS) is 24.6. The zero-order valence-corrected chi connectivity index (χ0v) is 12.1. The molecule has 94 valence electrons. The van der Waals surface area contributed by atoms with E-state index < -0.39 is 9.84 Å². The molecule has 1 saturated heterocycles. The molecule has 1 aliphatic rings. The average molecular weight is 317 g/mol. The number of aryl methyl sites for hydroxylation is 1. The summed E-state index contributed by atoms with van der Waals surface area (Å²) in [5.41, 5.74) is 1.32. The molecular weight excluding hydrogens is 300 g/mol. The molecule has 0 aromatic heterocycles. The molecule has 0 spiro atoms. The maximum absolute atomic E-state index is 11.4. The van der Waals surface area contributed by atoms with Crippen molar-refractivity contribution in [3.05, 3.63) is 35.9 Å². The summed E-state index contributed by atoms with van der Waals surface area (Å²) >= 11 is 3.65. The monoisotopic (exact) mass is 316 g/mol. The van der Waals surface area contributed by atoms with E-state index in [-0.39, 0.29) is 0 Å². The van der Waals surface area contributed by atoms with Crippen molar-refractivity contribution in [1.82, 2.24) is 0 Å². The molecule has 2 rings (SSSR count). The molecule has 0 aliphatic carbocycles. The number of hydrogen-bond donors (Lipinski definition) is 0. The SMILES string of the molecule is O=S1(=O)CCC(C(Br)CCc2ccccc2)C1. The van der Waals surface area contributed by atoms with Gasteiger partial charge >= 0.3 is 0 Å². The summed E-state index contributed by atoms with van der Waals surface area (Å²) in [4.78, 5) is 0.319. The van der Waals surface area contributed by atoms with Gasteiger partial charge in [0.25, 0.3) is 0 Å². The Kier molecular flexibility index (Phi) is 4.26. The fraction of sp³-hybridized carbons (Fsp3) is 0.538. The van der Waals surface area contributed by atoms with Crippen LogP contribution < -0.4 is 0 Å². The Bertz CT molecular complexity index is 456. The molecule has 17 heavy (non-hydrogen) atoms. The molecule has 1 fully saturated rings. The minimum absolute atomic E-state index is 0.295. The molecule has 0 bridgehead atoms. The van der Waals surface area contributed by atoms with E-state index in [1.807, 2.05) is 18.2 Å². The van der Waals surface area contributed by atoms with Gasteiger partial charge in [-0.05, 0) is 30.7 Å². The highest BCUT2D eigenvalue weighted by molar-refractivity contribution is 9.09. The van der Waals surface area contributed by atoms with Gasteiger partial charge in [0.1, 0.15) is 0 Å². The van der Waals surface area contributed by atoms with Crippen molar-refractivity contribution in [1.29, 1.82) is 0 Å². The van der Waals surface area contributed by atoms with Gasteiger partial charge in [0.05, 0.1) is 11.5 Å². The predicted octanol–water partition coefficient (Wildman–Crippen LogP) is 2.82. The molecule has 0 radical (unpaired) electrons.